The van der Waals surface area contributed by atoms with E-state index in [1.807, 2.05) is 37.3 Å². The summed E-state index contributed by atoms with van der Waals surface area (Å²) in [6.45, 7) is 20.7. The number of Topliss-reactive ketones (excluding diaryl/α,β-unsaturated/α-hetero) is 2. The van der Waals surface area contributed by atoms with Crippen LogP contribution in [0.3, 0.4) is 0 Å². The summed E-state index contributed by atoms with van der Waals surface area (Å²) in [5, 5.41) is 23.2. The number of carbonyl (C=O) groups is 7. The summed E-state index contributed by atoms with van der Waals surface area (Å²) >= 11 is 1.68. The van der Waals surface area contributed by atoms with Crippen LogP contribution in [0.5, 0.6) is 0 Å². The number of hydrogen-bond acceptors (Lipinski definition) is 11. The maximum absolute atomic E-state index is 14.0. The number of anilines is 1. The molecule has 6 rings (SSSR count). The molecule has 3 saturated carbocycles. The van der Waals surface area contributed by atoms with Gasteiger partial charge in [0.2, 0.25) is 17.7 Å². The first-order valence-electron chi connectivity index (χ1n) is 26.0. The van der Waals surface area contributed by atoms with E-state index >= 15 is 0 Å². The number of thioether (sulfide) groups is 1. The number of urea groups is 1. The number of aliphatic hydroxyl groups is 1. The molecule has 2 heterocycles. The first kappa shape index (κ1) is 55.0. The van der Waals surface area contributed by atoms with Gasteiger partial charge in [-0.25, -0.2) is 4.79 Å². The molecule has 2 aliphatic heterocycles. The smallest absolute Gasteiger partial charge is 0.316 e. The summed E-state index contributed by atoms with van der Waals surface area (Å²) in [7, 11) is 0. The number of benzene rings is 1. The molecule has 2 unspecified atom stereocenters. The summed E-state index contributed by atoms with van der Waals surface area (Å²) in [5.74, 6) is -1.88. The molecule has 1 aromatic carbocycles. The van der Waals surface area contributed by atoms with E-state index in [-0.39, 0.29) is 84.1 Å². The second kappa shape index (κ2) is 23.1. The molecule has 4 bridgehead atoms. The van der Waals surface area contributed by atoms with Crippen molar-refractivity contribution in [1.82, 2.24) is 20.9 Å². The Kier molecular flexibility index (Phi) is 18.1. The van der Waals surface area contributed by atoms with E-state index in [4.69, 9.17) is 10.5 Å². The Hall–Kier alpha value is -4.28. The second-order valence-corrected chi connectivity index (χ2v) is 23.9. The fourth-order valence-electron chi connectivity index (χ4n) is 13.0. The number of nitrogens with one attached hydrogen (secondary N) is 4. The number of esters is 1. The number of nitrogens with two attached hydrogens (primary N) is 1. The average molecular weight is 991 g/mol. The van der Waals surface area contributed by atoms with E-state index in [0.29, 0.717) is 42.3 Å². The second-order valence-electron chi connectivity index (χ2n) is 22.6. The molecule has 0 radical (unpaired) electrons. The number of hydrogen-bond donors (Lipinski definition) is 6. The lowest BCUT2D eigenvalue weighted by Gasteiger charge is -2.61. The van der Waals surface area contributed by atoms with Crippen LogP contribution in [0.1, 0.15) is 144 Å². The first-order valence-corrected chi connectivity index (χ1v) is 27.0. The Morgan fingerprint density at radius 2 is 1.63 bits per heavy atom. The summed E-state index contributed by atoms with van der Waals surface area (Å²) in [4.78, 5) is 93.8. The third-order valence-corrected chi connectivity index (χ3v) is 18.8. The van der Waals surface area contributed by atoms with Gasteiger partial charge in [-0.1, -0.05) is 73.6 Å². The number of nitrogens with zero attached hydrogens (tertiary/aromatic N) is 1. The molecule has 5 fully saturated rings. The van der Waals surface area contributed by atoms with E-state index in [0.717, 1.165) is 57.1 Å². The molecule has 15 nitrogen and oxygen atoms in total. The van der Waals surface area contributed by atoms with Crippen molar-refractivity contribution in [1.29, 1.82) is 0 Å². The van der Waals surface area contributed by atoms with E-state index in [1.54, 1.807) is 39.5 Å². The van der Waals surface area contributed by atoms with Crippen LogP contribution < -0.4 is 27.0 Å². The molecule has 5 amide bonds. The molecule has 3 aliphatic carbocycles. The maximum atomic E-state index is 14.0. The van der Waals surface area contributed by atoms with Gasteiger partial charge in [0.25, 0.3) is 0 Å². The van der Waals surface area contributed by atoms with Crippen LogP contribution in [-0.2, 0) is 40.0 Å². The number of rotatable bonds is 21. The fraction of sp³-hybridized carbons (Fsp3) is 0.722. The maximum Gasteiger partial charge on any atom is 0.316 e. The Bertz CT molecular complexity index is 2090. The number of primary amides is 1. The standard InChI is InChI=1S/C54H82N6O9S/c1-10-52(8)28-43(53(9)33(6)21-23-54(34(7)48(52)65)24-22-42(62)47(53)54)69-45(64)30-70-39-26-37-17-18-38(27-39)60(37)29-35-13-15-36(16-14-35)57-49(66)40(12-11-25-56-51(55)68)58-50(67)46(32(4)5)59-44(63)20-19-41(61)31(2)3/h10,13-16,31-34,37-40,43,46-48,65H,1,11-12,17-30H2,2-9H3,(H,57,66)(H,58,67)(H,59,63)(H3,55,56,68)/t33-,34+,37?,38?,39?,40+,43-,46+,47+,48+,52-,53+,54+/m1/s1. The summed E-state index contributed by atoms with van der Waals surface area (Å²) in [6.07, 6.45) is 8.80. The Morgan fingerprint density at radius 1 is 0.957 bits per heavy atom. The number of amides is 5. The van der Waals surface area contributed by atoms with Crippen molar-refractivity contribution >= 4 is 58.7 Å². The zero-order valence-corrected chi connectivity index (χ0v) is 43.8. The highest BCUT2D eigenvalue weighted by Gasteiger charge is 2.68. The Morgan fingerprint density at radius 3 is 2.24 bits per heavy atom. The van der Waals surface area contributed by atoms with Crippen molar-refractivity contribution in [3.8, 4) is 0 Å². The lowest BCUT2D eigenvalue weighted by molar-refractivity contribution is -0.205. The lowest BCUT2D eigenvalue weighted by Crippen LogP contribution is -2.63. The van der Waals surface area contributed by atoms with Crippen LogP contribution in [-0.4, -0.2) is 105 Å². The molecular weight excluding hydrogens is 909 g/mol. The van der Waals surface area contributed by atoms with Crippen LogP contribution >= 0.6 is 11.8 Å². The predicted molar refractivity (Wildman–Crippen MR) is 272 cm³/mol. The van der Waals surface area contributed by atoms with Crippen molar-refractivity contribution in [3.05, 3.63) is 42.5 Å². The molecule has 7 N–H and O–H groups in total. The predicted octanol–water partition coefficient (Wildman–Crippen LogP) is 6.84. The molecule has 0 spiro atoms. The van der Waals surface area contributed by atoms with Gasteiger partial charge in [-0.3, -0.25) is 33.7 Å². The van der Waals surface area contributed by atoms with Gasteiger partial charge in [-0.05, 0) is 105 Å². The summed E-state index contributed by atoms with van der Waals surface area (Å²) in [5.41, 5.74) is 5.36. The third-order valence-electron chi connectivity index (χ3n) is 17.5. The summed E-state index contributed by atoms with van der Waals surface area (Å²) < 4.78 is 6.56. The van der Waals surface area contributed by atoms with E-state index < -0.39 is 58.9 Å². The van der Waals surface area contributed by atoms with E-state index in [1.165, 1.54) is 0 Å². The van der Waals surface area contributed by atoms with Crippen molar-refractivity contribution < 1.29 is 43.4 Å². The normalized spacial score (nSPS) is 32.5. The van der Waals surface area contributed by atoms with Gasteiger partial charge in [0.1, 0.15) is 29.8 Å². The summed E-state index contributed by atoms with van der Waals surface area (Å²) in [6, 6.07) is 5.80. The minimum Gasteiger partial charge on any atom is -0.461 e. The van der Waals surface area contributed by atoms with Crippen LogP contribution in [0, 0.1) is 45.8 Å². The molecule has 16 heteroatoms. The molecule has 70 heavy (non-hydrogen) atoms. The van der Waals surface area contributed by atoms with Gasteiger partial charge in [0.15, 0.2) is 0 Å². The molecule has 12 atom stereocenters. The van der Waals surface area contributed by atoms with Crippen LogP contribution in [0.2, 0.25) is 0 Å². The van der Waals surface area contributed by atoms with Gasteiger partial charge >= 0.3 is 12.0 Å². The van der Waals surface area contributed by atoms with E-state index in [9.17, 15) is 38.7 Å². The van der Waals surface area contributed by atoms with Crippen LogP contribution in [0.4, 0.5) is 10.5 Å². The topological polar surface area (TPSA) is 226 Å². The number of carbonyl (C=O) groups excluding carboxylic acids is 7. The largest absolute Gasteiger partial charge is 0.461 e. The highest BCUT2D eigenvalue weighted by Crippen LogP contribution is 2.68. The van der Waals surface area contributed by atoms with Gasteiger partial charge in [-0.15, -0.1) is 18.3 Å². The van der Waals surface area contributed by atoms with Crippen molar-refractivity contribution in [2.75, 3.05) is 17.6 Å². The van der Waals surface area contributed by atoms with Gasteiger partial charge in [-0.2, -0.15) is 0 Å². The Balaban J connectivity index is 1.03. The minimum absolute atomic E-state index is 0.0420. The monoisotopic (exact) mass is 991 g/mol. The quantitative estimate of drug-likeness (QED) is 0.0425. The molecule has 2 saturated heterocycles. The number of aliphatic hydroxyl groups excluding tert-OH is 1. The van der Waals surface area contributed by atoms with Gasteiger partial charge in [0.05, 0.1) is 11.9 Å². The van der Waals surface area contributed by atoms with Crippen LogP contribution in [0.15, 0.2) is 36.9 Å². The Labute approximate surface area is 420 Å². The highest BCUT2D eigenvalue weighted by molar-refractivity contribution is 8.00. The third kappa shape index (κ3) is 12.1. The zero-order chi connectivity index (χ0) is 51.3. The first-order chi connectivity index (χ1) is 33.0. The molecular formula is C54H82N6O9S. The van der Waals surface area contributed by atoms with Crippen molar-refractivity contribution in [3.63, 3.8) is 0 Å². The number of piperidine rings is 1. The molecule has 388 valence electrons. The molecule has 1 aromatic rings. The minimum atomic E-state index is -0.983. The van der Waals surface area contributed by atoms with Crippen LogP contribution in [0.25, 0.3) is 0 Å². The number of fused-ring (bicyclic) bond motifs is 2. The number of ether oxygens (including phenoxy) is 1. The molecule has 0 aromatic heterocycles. The molecule has 5 aliphatic rings. The SMILES string of the molecule is C=C[C@]1(C)C[C@@H](OC(=O)CSC2CC3CCC(C2)N3Cc2ccc(NC(=O)[C@H](CCCNC(N)=O)NC(=O)[C@@H](NC(=O)CCC(=O)C(C)C)C(C)C)cc2)[C@]2(C)[C@H](C)CC[C@]3(CCC(=O)[C@H]32)[C@@H](C)[C@@H]1O. The zero-order valence-electron chi connectivity index (χ0n) is 43.0. The number of ketones is 2. The van der Waals surface area contributed by atoms with Crippen molar-refractivity contribution in [2.24, 2.45) is 51.6 Å². The highest BCUT2D eigenvalue weighted by atomic mass is 32.2. The van der Waals surface area contributed by atoms with Gasteiger partial charge < -0.3 is 36.8 Å². The fourth-order valence-corrected chi connectivity index (χ4v) is 14.1. The van der Waals surface area contributed by atoms with E-state index in [2.05, 4.69) is 53.5 Å². The van der Waals surface area contributed by atoms with Crippen molar-refractivity contribution in [2.45, 2.75) is 187 Å². The average Bonchev–Trinajstić information content (AvgIpc) is 3.78. The lowest BCUT2D eigenvalue weighted by atomic mass is 9.44. The van der Waals surface area contributed by atoms with Gasteiger partial charge in [0, 0.05) is 78.0 Å².